The average molecular weight is 823 g/mol. The number of benzene rings is 4. The van der Waals surface area contributed by atoms with Crippen LogP contribution in [0.4, 0.5) is 33.3 Å². The maximum Gasteiger partial charge on any atom is 0.416 e. The average Bonchev–Trinajstić information content (AvgIpc) is 3.63. The topological polar surface area (TPSA) is 183 Å². The molecule has 3 heterocycles. The highest BCUT2D eigenvalue weighted by atomic mass is 35.5. The van der Waals surface area contributed by atoms with Crippen molar-refractivity contribution < 1.29 is 55.5 Å². The van der Waals surface area contributed by atoms with Crippen molar-refractivity contribution in [1.82, 2.24) is 20.9 Å². The number of alkyl halides is 3. The van der Waals surface area contributed by atoms with Gasteiger partial charge in [-0.05, 0) is 79.6 Å². The fraction of sp³-hybridized carbons (Fsp3) is 0.205. The molecule has 0 bridgehead atoms. The third-order valence-electron chi connectivity index (χ3n) is 9.66. The van der Waals surface area contributed by atoms with Crippen LogP contribution in [-0.2, 0) is 15.8 Å². The third-order valence-corrected chi connectivity index (χ3v) is 10.0. The number of anilines is 2. The molecule has 1 fully saturated rings. The number of carbonyl (C=O) groups excluding carboxylic acids is 7. The number of rotatable bonds is 10. The van der Waals surface area contributed by atoms with Crippen LogP contribution in [0.2, 0.25) is 5.02 Å². The molecule has 1 unspecified atom stereocenters. The second-order valence-corrected chi connectivity index (χ2v) is 13.9. The molecule has 7 rings (SSSR count). The van der Waals surface area contributed by atoms with Gasteiger partial charge in [0.15, 0.2) is 0 Å². The van der Waals surface area contributed by atoms with Crippen molar-refractivity contribution in [3.05, 3.63) is 128 Å². The van der Waals surface area contributed by atoms with E-state index in [0.717, 1.165) is 23.1 Å². The van der Waals surface area contributed by atoms with Gasteiger partial charge in [-0.15, -0.1) is 0 Å². The zero-order valence-corrected chi connectivity index (χ0v) is 30.4. The van der Waals surface area contributed by atoms with Crippen molar-refractivity contribution in [3.63, 3.8) is 0 Å². The molecular weight excluding hydrogens is 795 g/mol. The molecule has 0 spiro atoms. The Morgan fingerprint density at radius 1 is 0.810 bits per heavy atom. The Bertz CT molecular complexity index is 2480. The summed E-state index contributed by atoms with van der Waals surface area (Å²) in [6.45, 7) is 0.295. The number of hydrogen-bond donors (Lipinski definition) is 5. The molecule has 2 atom stereocenters. The van der Waals surface area contributed by atoms with E-state index in [1.807, 2.05) is 0 Å². The molecule has 1 saturated heterocycles. The van der Waals surface area contributed by atoms with Crippen molar-refractivity contribution >= 4 is 64.3 Å². The van der Waals surface area contributed by atoms with E-state index in [2.05, 4.69) is 26.6 Å². The lowest BCUT2D eigenvalue weighted by atomic mass is 9.94. The van der Waals surface area contributed by atoms with Crippen molar-refractivity contribution in [2.75, 3.05) is 23.7 Å². The number of amides is 7. The van der Waals surface area contributed by atoms with E-state index >= 15 is 0 Å². The fourth-order valence-electron chi connectivity index (χ4n) is 6.92. The minimum absolute atomic E-state index is 0.00685. The van der Waals surface area contributed by atoms with Crippen LogP contribution in [0.25, 0.3) is 0 Å². The van der Waals surface area contributed by atoms with E-state index in [9.17, 15) is 55.5 Å². The summed E-state index contributed by atoms with van der Waals surface area (Å²) in [5.74, 6) is -7.30. The number of fused-ring (bicyclic) bond motifs is 2. The first-order valence-electron chi connectivity index (χ1n) is 17.5. The van der Waals surface area contributed by atoms with Gasteiger partial charge in [0.05, 0.1) is 22.7 Å². The van der Waals surface area contributed by atoms with Crippen LogP contribution < -0.4 is 26.6 Å². The quantitative estimate of drug-likeness (QED) is 0.0806. The van der Waals surface area contributed by atoms with Crippen LogP contribution in [0.3, 0.4) is 0 Å². The normalized spacial score (nSPS) is 17.4. The number of halogens is 6. The predicted octanol–water partition coefficient (Wildman–Crippen LogP) is 5.36. The van der Waals surface area contributed by atoms with Crippen molar-refractivity contribution in [1.29, 1.82) is 0 Å². The molecule has 58 heavy (non-hydrogen) atoms. The molecule has 298 valence electrons. The summed E-state index contributed by atoms with van der Waals surface area (Å²) in [4.78, 5) is 90.8. The van der Waals surface area contributed by atoms with E-state index in [1.54, 1.807) is 6.07 Å². The first kappa shape index (κ1) is 39.5. The molecule has 0 radical (unpaired) electrons. The monoisotopic (exact) mass is 822 g/mol. The van der Waals surface area contributed by atoms with Gasteiger partial charge in [0, 0.05) is 63.7 Å². The highest BCUT2D eigenvalue weighted by molar-refractivity contribution is 6.31. The summed E-state index contributed by atoms with van der Waals surface area (Å²) in [6, 6.07) is 9.10. The number of piperidine rings is 1. The molecule has 4 aromatic carbocycles. The van der Waals surface area contributed by atoms with E-state index in [1.165, 1.54) is 24.3 Å². The zero-order chi connectivity index (χ0) is 41.6. The van der Waals surface area contributed by atoms with Gasteiger partial charge in [-0.1, -0.05) is 11.6 Å². The van der Waals surface area contributed by atoms with E-state index < -0.39 is 82.4 Å². The molecular formula is C39H28ClF5N6O7. The molecule has 3 aliphatic heterocycles. The molecule has 3 aliphatic rings. The van der Waals surface area contributed by atoms with Gasteiger partial charge >= 0.3 is 6.18 Å². The summed E-state index contributed by atoms with van der Waals surface area (Å²) in [5.41, 5.74) is -1.94. The summed E-state index contributed by atoms with van der Waals surface area (Å²) >= 11 is 6.33. The standard InChI is InChI=1S/C39H28ClF5N6O7/c40-27-5-2-20(41)15-25(27)32-31-26(35(55)50-32)12-18(13-28(31)48-34(54)17-10-19(39(43,44)45)14-21(42)11-17)33(53)47-9-1-8-46-22-3-4-23-24(16-22)38(58)51(37(23)57)29-6-7-30(52)49-36(29)56/h2-5,10-16,29,32,46H,1,6-9H2,(H,47,53)(H,48,54)(H,50,55)(H,49,52,56)/t29?,32-/m1/s1. The molecule has 7 amide bonds. The minimum atomic E-state index is -4.98. The Hall–Kier alpha value is -6.69. The first-order chi connectivity index (χ1) is 27.5. The summed E-state index contributed by atoms with van der Waals surface area (Å²) in [6.07, 6.45) is -4.70. The SMILES string of the molecule is O=C1CCC(N2C(=O)c3ccc(NCCCNC(=O)c4cc(NC(=O)c5cc(F)cc(C(F)(F)F)c5)c5c(c4)C(=O)N[C@@H]5c4cc(F)ccc4Cl)cc3C2=O)C(=O)N1. The summed E-state index contributed by atoms with van der Waals surface area (Å²) in [7, 11) is 0. The maximum absolute atomic E-state index is 14.3. The van der Waals surface area contributed by atoms with Gasteiger partial charge in [-0.3, -0.25) is 43.8 Å². The largest absolute Gasteiger partial charge is 0.416 e. The second kappa shape index (κ2) is 15.3. The Morgan fingerprint density at radius 3 is 2.29 bits per heavy atom. The second-order valence-electron chi connectivity index (χ2n) is 13.5. The lowest BCUT2D eigenvalue weighted by Gasteiger charge is -2.27. The predicted molar refractivity (Wildman–Crippen MR) is 195 cm³/mol. The van der Waals surface area contributed by atoms with Crippen molar-refractivity contribution in [3.8, 4) is 0 Å². The number of carbonyl (C=O) groups is 7. The first-order valence-corrected chi connectivity index (χ1v) is 17.9. The molecule has 4 aromatic rings. The molecule has 0 saturated carbocycles. The number of hydrogen-bond acceptors (Lipinski definition) is 8. The molecule has 5 N–H and O–H groups in total. The van der Waals surface area contributed by atoms with Gasteiger partial charge < -0.3 is 21.3 Å². The van der Waals surface area contributed by atoms with E-state index in [0.29, 0.717) is 24.2 Å². The molecule has 19 heteroatoms. The highest BCUT2D eigenvalue weighted by Crippen LogP contribution is 2.40. The Balaban J connectivity index is 1.06. The van der Waals surface area contributed by atoms with Crippen LogP contribution in [0.5, 0.6) is 0 Å². The Kier molecular flexibility index (Phi) is 10.5. The zero-order valence-electron chi connectivity index (χ0n) is 29.6. The highest BCUT2D eigenvalue weighted by Gasteiger charge is 2.45. The summed E-state index contributed by atoms with van der Waals surface area (Å²) < 4.78 is 68.9. The number of nitrogens with one attached hydrogen (secondary N) is 5. The molecule has 0 aliphatic carbocycles. The maximum atomic E-state index is 14.3. The fourth-order valence-corrected chi connectivity index (χ4v) is 7.15. The smallest absolute Gasteiger partial charge is 0.385 e. The van der Waals surface area contributed by atoms with Crippen LogP contribution in [0, 0.1) is 11.6 Å². The Labute approximate surface area is 329 Å². The van der Waals surface area contributed by atoms with Crippen LogP contribution in [0.15, 0.2) is 66.7 Å². The van der Waals surface area contributed by atoms with Gasteiger partial charge in [0.1, 0.15) is 17.7 Å². The van der Waals surface area contributed by atoms with Gasteiger partial charge in [-0.2, -0.15) is 13.2 Å². The molecule has 0 aromatic heterocycles. The van der Waals surface area contributed by atoms with Crippen molar-refractivity contribution in [2.24, 2.45) is 0 Å². The van der Waals surface area contributed by atoms with Crippen LogP contribution in [0.1, 0.15) is 93.8 Å². The van der Waals surface area contributed by atoms with Crippen LogP contribution >= 0.6 is 11.6 Å². The van der Waals surface area contributed by atoms with E-state index in [-0.39, 0.29) is 76.1 Å². The third kappa shape index (κ3) is 7.69. The van der Waals surface area contributed by atoms with E-state index in [4.69, 9.17) is 11.6 Å². The van der Waals surface area contributed by atoms with Gasteiger partial charge in [0.2, 0.25) is 11.8 Å². The van der Waals surface area contributed by atoms with Crippen LogP contribution in [-0.4, -0.2) is 65.4 Å². The minimum Gasteiger partial charge on any atom is -0.385 e. The lowest BCUT2D eigenvalue weighted by molar-refractivity contribution is -0.138. The number of nitrogens with zero attached hydrogens (tertiary/aromatic N) is 1. The van der Waals surface area contributed by atoms with Gasteiger partial charge in [0.25, 0.3) is 29.5 Å². The molecule has 13 nitrogen and oxygen atoms in total. The Morgan fingerprint density at radius 2 is 1.55 bits per heavy atom. The lowest BCUT2D eigenvalue weighted by Crippen LogP contribution is -2.54. The van der Waals surface area contributed by atoms with Gasteiger partial charge in [-0.25, -0.2) is 8.78 Å². The number of imide groups is 2. The van der Waals surface area contributed by atoms with Crippen molar-refractivity contribution in [2.45, 2.75) is 37.5 Å². The summed E-state index contributed by atoms with van der Waals surface area (Å²) in [5, 5.41) is 12.9.